The largest absolute Gasteiger partial charge is 0.335 e. The maximum Gasteiger partial charge on any atom is 0.335 e. The van der Waals surface area contributed by atoms with Crippen LogP contribution < -0.4 is 5.69 Å². The number of H-pyrrole nitrogens is 1. The van der Waals surface area contributed by atoms with Gasteiger partial charge in [0.1, 0.15) is 6.33 Å². The molecule has 0 aliphatic carbocycles. The van der Waals surface area contributed by atoms with Gasteiger partial charge in [0.15, 0.2) is 5.82 Å². The fourth-order valence-corrected chi connectivity index (χ4v) is 4.26. The topological polar surface area (TPSA) is 125 Å². The van der Waals surface area contributed by atoms with Crippen molar-refractivity contribution in [2.24, 2.45) is 0 Å². The van der Waals surface area contributed by atoms with Crippen molar-refractivity contribution < 1.29 is 0 Å². The van der Waals surface area contributed by atoms with Gasteiger partial charge in [-0.2, -0.15) is 0 Å². The van der Waals surface area contributed by atoms with Crippen molar-refractivity contribution in [2.75, 3.05) is 0 Å². The molecule has 4 heterocycles. The Bertz CT molecular complexity index is 1490. The first-order valence-corrected chi connectivity index (χ1v) is 12.1. The molecular weight excluding hydrogens is 456 g/mol. The molecule has 184 valence electrons. The van der Waals surface area contributed by atoms with Crippen molar-refractivity contribution in [3.8, 4) is 28.6 Å². The first kappa shape index (κ1) is 23.3. The summed E-state index contributed by atoms with van der Waals surface area (Å²) in [6.45, 7) is 6.71. The summed E-state index contributed by atoms with van der Waals surface area (Å²) in [4.78, 5) is 18.2. The highest BCUT2D eigenvalue weighted by atomic mass is 16.2. The van der Waals surface area contributed by atoms with E-state index in [1.807, 2.05) is 53.4 Å². The van der Waals surface area contributed by atoms with Gasteiger partial charge in [0, 0.05) is 35.3 Å². The highest BCUT2D eigenvalue weighted by Gasteiger charge is 2.19. The zero-order valence-electron chi connectivity index (χ0n) is 20.5. The van der Waals surface area contributed by atoms with Crippen molar-refractivity contribution in [2.45, 2.75) is 52.6 Å². The zero-order valence-corrected chi connectivity index (χ0v) is 20.5. The first-order chi connectivity index (χ1) is 17.6. The predicted octanol–water partition coefficient (Wildman–Crippen LogP) is 3.44. The van der Waals surface area contributed by atoms with Crippen LogP contribution in [0.3, 0.4) is 0 Å². The summed E-state index contributed by atoms with van der Waals surface area (Å²) >= 11 is 0. The van der Waals surface area contributed by atoms with Crippen LogP contribution in [0.5, 0.6) is 0 Å². The molecule has 0 amide bonds. The Hall–Kier alpha value is -4.41. The smallest absolute Gasteiger partial charge is 0.296 e. The Morgan fingerprint density at radius 1 is 1.06 bits per heavy atom. The number of aromatic amines is 1. The molecule has 0 saturated heterocycles. The highest BCUT2D eigenvalue weighted by molar-refractivity contribution is 5.78. The van der Waals surface area contributed by atoms with Gasteiger partial charge in [0.2, 0.25) is 5.95 Å². The molecule has 4 aromatic heterocycles. The van der Waals surface area contributed by atoms with Crippen LogP contribution in [-0.2, 0) is 13.0 Å². The molecule has 5 rings (SSSR count). The lowest BCUT2D eigenvalue weighted by molar-refractivity contribution is 0.516. The minimum atomic E-state index is -0.136. The number of nitrogens with one attached hydrogen (secondary N) is 1. The number of imidazole rings is 1. The minimum absolute atomic E-state index is 0.136. The van der Waals surface area contributed by atoms with Gasteiger partial charge in [0.25, 0.3) is 0 Å². The Morgan fingerprint density at radius 2 is 1.89 bits per heavy atom. The third kappa shape index (κ3) is 4.35. The van der Waals surface area contributed by atoms with Gasteiger partial charge < -0.3 is 0 Å². The van der Waals surface area contributed by atoms with Crippen molar-refractivity contribution >= 4 is 0 Å². The summed E-state index contributed by atoms with van der Waals surface area (Å²) in [5, 5.41) is 22.5. The lowest BCUT2D eigenvalue weighted by Crippen LogP contribution is -2.27. The Kier molecular flexibility index (Phi) is 6.52. The maximum atomic E-state index is 13.5. The average Bonchev–Trinajstić information content (AvgIpc) is 3.67. The molecule has 0 radical (unpaired) electrons. The van der Waals surface area contributed by atoms with Crippen LogP contribution in [0.4, 0.5) is 0 Å². The van der Waals surface area contributed by atoms with E-state index in [9.17, 15) is 4.79 Å². The lowest BCUT2D eigenvalue weighted by Gasteiger charge is -2.12. The van der Waals surface area contributed by atoms with E-state index in [4.69, 9.17) is 4.98 Å². The van der Waals surface area contributed by atoms with Crippen molar-refractivity contribution in [1.29, 1.82) is 0 Å². The fourth-order valence-electron chi connectivity index (χ4n) is 4.26. The molecule has 1 aromatic carbocycles. The van der Waals surface area contributed by atoms with Crippen LogP contribution in [0.15, 0.2) is 59.9 Å². The van der Waals surface area contributed by atoms with Crippen LogP contribution in [0.2, 0.25) is 0 Å². The number of hydrogen-bond acceptors (Lipinski definition) is 7. The Balaban J connectivity index is 1.47. The molecule has 11 heteroatoms. The standard InChI is InChI=1S/C25H28N10O/c1-4-8-19-15-34(24-30-27-16-35(24)17(3)5-2)25(36)33(19)14-18-11-12-22(26-13-18)20-9-6-7-10-21(20)23-28-31-32-29-23/h6-7,9-13,15-17H,4-5,8,14H2,1-3H3,(H,28,29,31,32). The van der Waals surface area contributed by atoms with Gasteiger partial charge in [-0.05, 0) is 41.8 Å². The van der Waals surface area contributed by atoms with Crippen LogP contribution >= 0.6 is 0 Å². The summed E-state index contributed by atoms with van der Waals surface area (Å²) in [7, 11) is 0. The van der Waals surface area contributed by atoms with Crippen molar-refractivity contribution in [1.82, 2.24) is 49.5 Å². The van der Waals surface area contributed by atoms with Gasteiger partial charge >= 0.3 is 5.69 Å². The molecule has 0 spiro atoms. The van der Waals surface area contributed by atoms with Gasteiger partial charge in [-0.3, -0.25) is 14.1 Å². The van der Waals surface area contributed by atoms with Gasteiger partial charge in [0.05, 0.1) is 12.2 Å². The number of hydrogen-bond donors (Lipinski definition) is 1. The number of pyridine rings is 1. The lowest BCUT2D eigenvalue weighted by atomic mass is 10.0. The third-order valence-electron chi connectivity index (χ3n) is 6.37. The predicted molar refractivity (Wildman–Crippen MR) is 135 cm³/mol. The van der Waals surface area contributed by atoms with Crippen LogP contribution in [0, 0.1) is 0 Å². The van der Waals surface area contributed by atoms with Gasteiger partial charge in [-0.1, -0.05) is 50.6 Å². The van der Waals surface area contributed by atoms with E-state index in [0.717, 1.165) is 47.3 Å². The molecule has 11 nitrogen and oxygen atoms in total. The van der Waals surface area contributed by atoms with E-state index >= 15 is 0 Å². The number of tetrazole rings is 1. The van der Waals surface area contributed by atoms with E-state index in [0.29, 0.717) is 18.3 Å². The molecule has 1 atom stereocenters. The molecule has 1 unspecified atom stereocenters. The summed E-state index contributed by atoms with van der Waals surface area (Å²) in [6.07, 6.45) is 8.00. The summed E-state index contributed by atoms with van der Waals surface area (Å²) < 4.78 is 5.34. The molecule has 0 aliphatic heterocycles. The molecule has 0 bridgehead atoms. The number of aryl methyl sites for hydroxylation is 1. The quantitative estimate of drug-likeness (QED) is 0.340. The monoisotopic (exact) mass is 484 g/mol. The van der Waals surface area contributed by atoms with E-state index < -0.39 is 0 Å². The number of nitrogens with zero attached hydrogens (tertiary/aromatic N) is 9. The molecule has 0 fully saturated rings. The van der Waals surface area contributed by atoms with E-state index in [2.05, 4.69) is 51.6 Å². The molecule has 5 aromatic rings. The highest BCUT2D eigenvalue weighted by Crippen LogP contribution is 2.28. The second-order valence-corrected chi connectivity index (χ2v) is 8.75. The maximum absolute atomic E-state index is 13.5. The number of rotatable bonds is 9. The van der Waals surface area contributed by atoms with Gasteiger partial charge in [-0.25, -0.2) is 14.5 Å². The molecule has 36 heavy (non-hydrogen) atoms. The minimum Gasteiger partial charge on any atom is -0.296 e. The van der Waals surface area contributed by atoms with E-state index in [1.54, 1.807) is 15.5 Å². The second-order valence-electron chi connectivity index (χ2n) is 8.75. The van der Waals surface area contributed by atoms with Crippen LogP contribution in [-0.4, -0.2) is 49.5 Å². The summed E-state index contributed by atoms with van der Waals surface area (Å²) in [6, 6.07) is 12.0. The molecule has 0 aliphatic rings. The number of benzene rings is 1. The summed E-state index contributed by atoms with van der Waals surface area (Å²) in [5.74, 6) is 1.12. The SMILES string of the molecule is CCCc1cn(-c2nncn2C(C)CC)c(=O)n1Cc1ccc(-c2ccccc2-c2nnn[nH]2)nc1. The summed E-state index contributed by atoms with van der Waals surface area (Å²) in [5.41, 5.74) is 4.33. The second kappa shape index (κ2) is 10.1. The van der Waals surface area contributed by atoms with Crippen molar-refractivity contribution in [3.63, 3.8) is 0 Å². The molecule has 1 N–H and O–H groups in total. The normalized spacial score (nSPS) is 12.2. The molecular formula is C25H28N10O. The number of aromatic nitrogens is 10. The average molecular weight is 485 g/mol. The zero-order chi connectivity index (χ0) is 25.1. The van der Waals surface area contributed by atoms with E-state index in [1.165, 1.54) is 0 Å². The Morgan fingerprint density at radius 3 is 2.58 bits per heavy atom. The third-order valence-corrected chi connectivity index (χ3v) is 6.37. The first-order valence-electron chi connectivity index (χ1n) is 12.1. The van der Waals surface area contributed by atoms with Gasteiger partial charge in [-0.15, -0.1) is 15.3 Å². The Labute approximate surface area is 207 Å². The van der Waals surface area contributed by atoms with Crippen molar-refractivity contribution in [3.05, 3.63) is 76.9 Å². The van der Waals surface area contributed by atoms with E-state index in [-0.39, 0.29) is 11.7 Å². The van der Waals surface area contributed by atoms with Crippen LogP contribution in [0.1, 0.15) is 50.9 Å². The van der Waals surface area contributed by atoms with Crippen LogP contribution in [0.25, 0.3) is 28.6 Å². The fraction of sp³-hybridized carbons (Fsp3) is 0.320. The molecule has 0 saturated carbocycles.